The van der Waals surface area contributed by atoms with Crippen molar-refractivity contribution in [2.45, 2.75) is 68.0 Å². The number of carbonyl (C=O) groups is 4. The average molecular weight is 491 g/mol. The standard InChI is InChI=1S/C6H11NO4.C6H12O6.C5H10O5/c7-4(6(10)11)2-1-3-5(8)9;7-1-3(9)5(11)6(12)4(10)2-8;6-1-3(8)5(10)4(9)2-7/h4H,1-3,7H2,(H,8,9)(H,10,11);1,3-6,8-12H,2H2;1,3-5,7-10H,2H2/t;3-,4-,5-,6-;3-,4-,5+/m.11/s1. The van der Waals surface area contributed by atoms with E-state index in [1.165, 1.54) is 0 Å². The molecule has 1 unspecified atom stereocenters. The van der Waals surface area contributed by atoms with Gasteiger partial charge < -0.3 is 71.5 Å². The SMILES string of the molecule is NC(CCCC(=O)O)C(=O)O.O=C[C@@H](O)[C@@H](O)[C@H](O)[C@H](O)CO.O=C[C@@H](O)[C@H](O)[C@H](O)CO. The van der Waals surface area contributed by atoms with E-state index in [1.54, 1.807) is 0 Å². The van der Waals surface area contributed by atoms with E-state index in [4.69, 9.17) is 61.9 Å². The number of carbonyl (C=O) groups excluding carboxylic acids is 2. The Bertz CT molecular complexity index is 549. The number of hydrogen-bond donors (Lipinski definition) is 12. The van der Waals surface area contributed by atoms with Gasteiger partial charge in [0, 0.05) is 6.42 Å². The van der Waals surface area contributed by atoms with E-state index >= 15 is 0 Å². The largest absolute Gasteiger partial charge is 0.481 e. The number of hydrogen-bond acceptors (Lipinski definition) is 14. The van der Waals surface area contributed by atoms with Crippen molar-refractivity contribution in [3.05, 3.63) is 0 Å². The summed E-state index contributed by atoms with van der Waals surface area (Å²) in [5, 5.41) is 94.0. The quantitative estimate of drug-likeness (QED) is 0.100. The first-order valence-electron chi connectivity index (χ1n) is 9.30. The van der Waals surface area contributed by atoms with Crippen molar-refractivity contribution in [3.8, 4) is 0 Å². The van der Waals surface area contributed by atoms with Gasteiger partial charge >= 0.3 is 11.9 Å². The van der Waals surface area contributed by atoms with Gasteiger partial charge in [-0.3, -0.25) is 9.59 Å². The van der Waals surface area contributed by atoms with Gasteiger partial charge in [-0.15, -0.1) is 0 Å². The number of carboxylic acid groups (broad SMARTS) is 2. The third kappa shape index (κ3) is 18.0. The van der Waals surface area contributed by atoms with Crippen LogP contribution in [0.5, 0.6) is 0 Å². The second-order valence-corrected chi connectivity index (χ2v) is 6.46. The summed E-state index contributed by atoms with van der Waals surface area (Å²) >= 11 is 0. The minimum Gasteiger partial charge on any atom is -0.481 e. The lowest BCUT2D eigenvalue weighted by atomic mass is 10.0. The molecule has 196 valence electrons. The summed E-state index contributed by atoms with van der Waals surface area (Å²) in [7, 11) is 0. The van der Waals surface area contributed by atoms with Gasteiger partial charge in [-0.1, -0.05) is 0 Å². The molecule has 8 atom stereocenters. The molecule has 0 aromatic heterocycles. The molecule has 0 saturated carbocycles. The lowest BCUT2D eigenvalue weighted by Crippen LogP contribution is -2.46. The molecule has 0 fully saturated rings. The number of carboxylic acids is 2. The Morgan fingerprint density at radius 1 is 0.727 bits per heavy atom. The fourth-order valence-electron chi connectivity index (χ4n) is 1.63. The van der Waals surface area contributed by atoms with Crippen molar-refractivity contribution in [1.82, 2.24) is 0 Å². The number of aliphatic hydroxyl groups is 9. The van der Waals surface area contributed by atoms with E-state index in [-0.39, 0.29) is 25.4 Å². The van der Waals surface area contributed by atoms with Crippen LogP contribution in [0.4, 0.5) is 0 Å². The molecule has 0 radical (unpaired) electrons. The lowest BCUT2D eigenvalue weighted by molar-refractivity contribution is -0.140. The van der Waals surface area contributed by atoms with Gasteiger partial charge in [0.15, 0.2) is 12.6 Å². The highest BCUT2D eigenvalue weighted by Gasteiger charge is 2.29. The van der Waals surface area contributed by atoms with Crippen molar-refractivity contribution < 1.29 is 75.3 Å². The van der Waals surface area contributed by atoms with E-state index in [0.29, 0.717) is 6.42 Å². The minimum absolute atomic E-state index is 0.0258. The summed E-state index contributed by atoms with van der Waals surface area (Å²) in [4.78, 5) is 39.7. The zero-order chi connectivity index (χ0) is 26.7. The predicted molar refractivity (Wildman–Crippen MR) is 105 cm³/mol. The smallest absolute Gasteiger partial charge is 0.320 e. The molecule has 0 spiro atoms. The Kier molecular flexibility index (Phi) is 22.0. The van der Waals surface area contributed by atoms with Gasteiger partial charge in [0.05, 0.1) is 13.2 Å². The Balaban J connectivity index is -0.000000411. The number of aliphatic carboxylic acids is 2. The molecule has 16 heteroatoms. The summed E-state index contributed by atoms with van der Waals surface area (Å²) in [5.41, 5.74) is 5.11. The van der Waals surface area contributed by atoms with E-state index in [2.05, 4.69) is 0 Å². The molecular weight excluding hydrogens is 458 g/mol. The van der Waals surface area contributed by atoms with Crippen molar-refractivity contribution in [2.24, 2.45) is 5.73 Å². The summed E-state index contributed by atoms with van der Waals surface area (Å²) < 4.78 is 0. The summed E-state index contributed by atoms with van der Waals surface area (Å²) in [6.45, 7) is -1.45. The van der Waals surface area contributed by atoms with Gasteiger partial charge in [-0.25, -0.2) is 0 Å². The minimum atomic E-state index is -1.79. The van der Waals surface area contributed by atoms with Crippen LogP contribution in [0.15, 0.2) is 0 Å². The van der Waals surface area contributed by atoms with Gasteiger partial charge in [-0.2, -0.15) is 0 Å². The average Bonchev–Trinajstić information content (AvgIpc) is 2.80. The van der Waals surface area contributed by atoms with E-state index in [9.17, 15) is 19.2 Å². The van der Waals surface area contributed by atoms with Crippen LogP contribution >= 0.6 is 0 Å². The van der Waals surface area contributed by atoms with Crippen LogP contribution in [0.25, 0.3) is 0 Å². The maximum atomic E-state index is 10.1. The number of nitrogens with two attached hydrogens (primary N) is 1. The molecule has 16 nitrogen and oxygen atoms in total. The lowest BCUT2D eigenvalue weighted by Gasteiger charge is -2.22. The number of rotatable bonds is 14. The first-order chi connectivity index (χ1) is 15.2. The zero-order valence-electron chi connectivity index (χ0n) is 17.4. The van der Waals surface area contributed by atoms with Gasteiger partial charge in [0.1, 0.15) is 48.8 Å². The van der Waals surface area contributed by atoms with Gasteiger partial charge in [0.25, 0.3) is 0 Å². The number of aldehydes is 2. The molecule has 0 aromatic carbocycles. The first-order valence-corrected chi connectivity index (χ1v) is 9.30. The number of aliphatic hydroxyl groups excluding tert-OH is 9. The van der Waals surface area contributed by atoms with Crippen LogP contribution in [0.1, 0.15) is 19.3 Å². The molecule has 0 aliphatic carbocycles. The highest BCUT2D eigenvalue weighted by atomic mass is 16.4. The highest BCUT2D eigenvalue weighted by Crippen LogP contribution is 2.03. The Morgan fingerprint density at radius 3 is 1.45 bits per heavy atom. The van der Waals surface area contributed by atoms with Crippen molar-refractivity contribution in [3.63, 3.8) is 0 Å². The third-order valence-electron chi connectivity index (χ3n) is 3.71. The Hall–Kier alpha value is -2.12. The second kappa shape index (κ2) is 20.5. The molecule has 0 bridgehead atoms. The maximum Gasteiger partial charge on any atom is 0.320 e. The maximum absolute atomic E-state index is 10.1. The normalized spacial score (nSPS) is 17.8. The van der Waals surface area contributed by atoms with Crippen molar-refractivity contribution in [2.75, 3.05) is 13.2 Å². The Labute approximate surface area is 187 Å². The Morgan fingerprint density at radius 2 is 1.12 bits per heavy atom. The van der Waals surface area contributed by atoms with Crippen LogP contribution in [-0.4, -0.2) is 143 Å². The molecule has 0 aliphatic heterocycles. The fraction of sp³-hybridized carbons (Fsp3) is 0.765. The molecule has 0 rings (SSSR count). The van der Waals surface area contributed by atoms with Crippen LogP contribution < -0.4 is 5.73 Å². The highest BCUT2D eigenvalue weighted by molar-refractivity contribution is 5.73. The van der Waals surface area contributed by atoms with E-state index < -0.39 is 73.9 Å². The fourth-order valence-corrected chi connectivity index (χ4v) is 1.63. The monoisotopic (exact) mass is 491 g/mol. The predicted octanol–water partition coefficient (Wildman–Crippen LogP) is -6.47. The summed E-state index contributed by atoms with van der Waals surface area (Å²) in [5.74, 6) is -2.02. The molecule has 0 aliphatic rings. The van der Waals surface area contributed by atoms with Crippen LogP contribution in [0, 0.1) is 0 Å². The zero-order valence-corrected chi connectivity index (χ0v) is 17.4. The van der Waals surface area contributed by atoms with Crippen molar-refractivity contribution in [1.29, 1.82) is 0 Å². The third-order valence-corrected chi connectivity index (χ3v) is 3.71. The van der Waals surface area contributed by atoms with Crippen molar-refractivity contribution >= 4 is 24.5 Å². The molecule has 13 N–H and O–H groups in total. The molecule has 0 amide bonds. The molecule has 0 aromatic rings. The summed E-state index contributed by atoms with van der Waals surface area (Å²) in [6.07, 6.45) is -11.0. The van der Waals surface area contributed by atoms with Crippen LogP contribution in [0.3, 0.4) is 0 Å². The van der Waals surface area contributed by atoms with Crippen LogP contribution in [-0.2, 0) is 19.2 Å². The topological polar surface area (TPSA) is 317 Å². The first kappa shape index (κ1) is 35.5. The molecule has 0 heterocycles. The van der Waals surface area contributed by atoms with E-state index in [0.717, 1.165) is 0 Å². The summed E-state index contributed by atoms with van der Waals surface area (Å²) in [6, 6.07) is -0.936. The molecule has 33 heavy (non-hydrogen) atoms. The van der Waals surface area contributed by atoms with Crippen LogP contribution in [0.2, 0.25) is 0 Å². The second-order valence-electron chi connectivity index (χ2n) is 6.46. The molecular formula is C17H33NO15. The van der Waals surface area contributed by atoms with E-state index in [1.807, 2.05) is 0 Å². The van der Waals surface area contributed by atoms with Gasteiger partial charge in [-0.05, 0) is 12.8 Å². The molecule has 0 saturated heterocycles. The van der Waals surface area contributed by atoms with Gasteiger partial charge in [0.2, 0.25) is 0 Å².